The van der Waals surface area contributed by atoms with Crippen LogP contribution in [0.4, 0.5) is 5.69 Å². The van der Waals surface area contributed by atoms with Gasteiger partial charge in [-0.2, -0.15) is 0 Å². The zero-order valence-corrected chi connectivity index (χ0v) is 7.37. The van der Waals surface area contributed by atoms with Crippen molar-refractivity contribution in [1.82, 2.24) is 0 Å². The number of anilines is 1. The minimum atomic E-state index is -1.01. The highest BCUT2D eigenvalue weighted by molar-refractivity contribution is 5.96. The third kappa shape index (κ3) is 1.62. The van der Waals surface area contributed by atoms with Gasteiger partial charge in [0.2, 0.25) is 0 Å². The van der Waals surface area contributed by atoms with E-state index in [0.717, 1.165) is 0 Å². The van der Waals surface area contributed by atoms with Gasteiger partial charge in [0.15, 0.2) is 0 Å². The van der Waals surface area contributed by atoms with Gasteiger partial charge in [-0.3, -0.25) is 0 Å². The standard InChI is InChI=1S/C9H12N2O2/c1-5-2-3-6(4-10)8(11)7(5)9(12)13/h2-3H,4,10-11H2,1H3,(H,12,13). The van der Waals surface area contributed by atoms with E-state index in [9.17, 15) is 4.79 Å². The first-order chi connectivity index (χ1) is 6.07. The molecule has 0 aliphatic carbocycles. The Morgan fingerprint density at radius 1 is 1.54 bits per heavy atom. The van der Waals surface area contributed by atoms with Crippen molar-refractivity contribution >= 4 is 11.7 Å². The second-order valence-electron chi connectivity index (χ2n) is 2.84. The van der Waals surface area contributed by atoms with Crippen LogP contribution in [0.15, 0.2) is 12.1 Å². The smallest absolute Gasteiger partial charge is 0.338 e. The average Bonchev–Trinajstić information content (AvgIpc) is 2.04. The first-order valence-electron chi connectivity index (χ1n) is 3.89. The number of carboxylic acid groups (broad SMARTS) is 1. The SMILES string of the molecule is Cc1ccc(CN)c(N)c1C(=O)O. The lowest BCUT2D eigenvalue weighted by Crippen LogP contribution is -2.10. The van der Waals surface area contributed by atoms with Crippen molar-refractivity contribution in [3.8, 4) is 0 Å². The summed E-state index contributed by atoms with van der Waals surface area (Å²) in [7, 11) is 0. The summed E-state index contributed by atoms with van der Waals surface area (Å²) in [5.74, 6) is -1.01. The first-order valence-corrected chi connectivity index (χ1v) is 3.89. The van der Waals surface area contributed by atoms with Crippen molar-refractivity contribution in [2.75, 3.05) is 5.73 Å². The number of hydrogen-bond acceptors (Lipinski definition) is 3. The number of rotatable bonds is 2. The van der Waals surface area contributed by atoms with E-state index < -0.39 is 5.97 Å². The Morgan fingerprint density at radius 2 is 2.15 bits per heavy atom. The van der Waals surface area contributed by atoms with Gasteiger partial charge in [-0.1, -0.05) is 12.1 Å². The largest absolute Gasteiger partial charge is 0.478 e. The lowest BCUT2D eigenvalue weighted by atomic mass is 10.0. The van der Waals surface area contributed by atoms with Crippen LogP contribution in [0.25, 0.3) is 0 Å². The second kappa shape index (κ2) is 3.45. The molecule has 0 radical (unpaired) electrons. The van der Waals surface area contributed by atoms with Gasteiger partial charge in [-0.15, -0.1) is 0 Å². The number of carbonyl (C=O) groups is 1. The molecule has 0 aromatic heterocycles. The fraction of sp³-hybridized carbons (Fsp3) is 0.222. The fourth-order valence-corrected chi connectivity index (χ4v) is 1.23. The molecular weight excluding hydrogens is 168 g/mol. The predicted octanol–water partition coefficient (Wildman–Crippen LogP) is 0.734. The number of carboxylic acids is 1. The maximum atomic E-state index is 10.8. The minimum absolute atomic E-state index is 0.156. The number of aryl methyl sites for hydroxylation is 1. The fourth-order valence-electron chi connectivity index (χ4n) is 1.23. The van der Waals surface area contributed by atoms with Crippen molar-refractivity contribution in [1.29, 1.82) is 0 Å². The number of nitrogen functional groups attached to an aromatic ring is 1. The topological polar surface area (TPSA) is 89.3 Å². The van der Waals surface area contributed by atoms with Crippen LogP contribution in [0.1, 0.15) is 21.5 Å². The molecule has 0 unspecified atom stereocenters. The van der Waals surface area contributed by atoms with E-state index in [2.05, 4.69) is 0 Å². The third-order valence-corrected chi connectivity index (χ3v) is 1.98. The van der Waals surface area contributed by atoms with E-state index in [1.807, 2.05) is 0 Å². The summed E-state index contributed by atoms with van der Waals surface area (Å²) in [4.78, 5) is 10.8. The molecule has 13 heavy (non-hydrogen) atoms. The molecule has 1 rings (SSSR count). The number of aromatic carboxylic acids is 1. The third-order valence-electron chi connectivity index (χ3n) is 1.98. The first kappa shape index (κ1) is 9.54. The van der Waals surface area contributed by atoms with Crippen LogP contribution in [-0.4, -0.2) is 11.1 Å². The summed E-state index contributed by atoms with van der Waals surface area (Å²) in [6.45, 7) is 1.96. The Kier molecular flexibility index (Phi) is 2.53. The number of nitrogens with two attached hydrogens (primary N) is 2. The van der Waals surface area contributed by atoms with E-state index in [1.54, 1.807) is 19.1 Å². The lowest BCUT2D eigenvalue weighted by Gasteiger charge is -2.08. The van der Waals surface area contributed by atoms with Crippen LogP contribution in [0.5, 0.6) is 0 Å². The summed E-state index contributed by atoms with van der Waals surface area (Å²) in [5, 5.41) is 8.85. The van der Waals surface area contributed by atoms with Gasteiger partial charge in [0.05, 0.1) is 11.3 Å². The molecule has 0 aliphatic heterocycles. The molecular formula is C9H12N2O2. The Balaban J connectivity index is 3.38. The highest BCUT2D eigenvalue weighted by Crippen LogP contribution is 2.20. The van der Waals surface area contributed by atoms with Gasteiger partial charge in [-0.05, 0) is 18.1 Å². The molecule has 1 aromatic carbocycles. The summed E-state index contributed by atoms with van der Waals surface area (Å²) < 4.78 is 0. The van der Waals surface area contributed by atoms with E-state index in [1.165, 1.54) is 0 Å². The van der Waals surface area contributed by atoms with Crippen molar-refractivity contribution < 1.29 is 9.90 Å². The Hall–Kier alpha value is -1.55. The molecule has 4 heteroatoms. The molecule has 0 aliphatic rings. The highest BCUT2D eigenvalue weighted by Gasteiger charge is 2.13. The normalized spacial score (nSPS) is 10.0. The molecule has 0 fully saturated rings. The Bertz CT molecular complexity index is 348. The van der Waals surface area contributed by atoms with Gasteiger partial charge in [0.25, 0.3) is 0 Å². The highest BCUT2D eigenvalue weighted by atomic mass is 16.4. The minimum Gasteiger partial charge on any atom is -0.478 e. The van der Waals surface area contributed by atoms with Crippen molar-refractivity contribution in [3.63, 3.8) is 0 Å². The molecule has 1 aromatic rings. The van der Waals surface area contributed by atoms with Gasteiger partial charge in [-0.25, -0.2) is 4.79 Å². The van der Waals surface area contributed by atoms with Gasteiger partial charge < -0.3 is 16.6 Å². The monoisotopic (exact) mass is 180 g/mol. The van der Waals surface area contributed by atoms with Gasteiger partial charge >= 0.3 is 5.97 Å². The molecule has 0 heterocycles. The molecule has 0 spiro atoms. The molecule has 5 N–H and O–H groups in total. The molecule has 4 nitrogen and oxygen atoms in total. The van der Waals surface area contributed by atoms with E-state index in [-0.39, 0.29) is 17.8 Å². The van der Waals surface area contributed by atoms with Crippen LogP contribution < -0.4 is 11.5 Å². The molecule has 0 amide bonds. The van der Waals surface area contributed by atoms with Gasteiger partial charge in [0, 0.05) is 6.54 Å². The van der Waals surface area contributed by atoms with Crippen LogP contribution in [-0.2, 0) is 6.54 Å². The summed E-state index contributed by atoms with van der Waals surface area (Å²) >= 11 is 0. The second-order valence-corrected chi connectivity index (χ2v) is 2.84. The molecule has 0 saturated carbocycles. The van der Waals surface area contributed by atoms with Crippen LogP contribution in [0, 0.1) is 6.92 Å². The molecule has 0 saturated heterocycles. The zero-order chi connectivity index (χ0) is 10.0. The lowest BCUT2D eigenvalue weighted by molar-refractivity contribution is 0.0697. The summed E-state index contributed by atoms with van der Waals surface area (Å²) in [5.41, 5.74) is 12.8. The van der Waals surface area contributed by atoms with Crippen LogP contribution in [0.2, 0.25) is 0 Å². The van der Waals surface area contributed by atoms with Crippen LogP contribution in [0.3, 0.4) is 0 Å². The van der Waals surface area contributed by atoms with E-state index >= 15 is 0 Å². The Morgan fingerprint density at radius 3 is 2.62 bits per heavy atom. The number of benzene rings is 1. The quantitative estimate of drug-likeness (QED) is 0.585. The summed E-state index contributed by atoms with van der Waals surface area (Å²) in [6.07, 6.45) is 0. The Labute approximate surface area is 76.2 Å². The molecule has 70 valence electrons. The average molecular weight is 180 g/mol. The van der Waals surface area contributed by atoms with E-state index in [4.69, 9.17) is 16.6 Å². The maximum absolute atomic E-state index is 10.8. The molecule has 0 atom stereocenters. The predicted molar refractivity (Wildman–Crippen MR) is 50.4 cm³/mol. The summed E-state index contributed by atoms with van der Waals surface area (Å²) in [6, 6.07) is 3.46. The van der Waals surface area contributed by atoms with Gasteiger partial charge in [0.1, 0.15) is 0 Å². The van der Waals surface area contributed by atoms with Crippen molar-refractivity contribution in [2.45, 2.75) is 13.5 Å². The molecule has 0 bridgehead atoms. The van der Waals surface area contributed by atoms with Crippen molar-refractivity contribution in [3.05, 3.63) is 28.8 Å². The van der Waals surface area contributed by atoms with Crippen LogP contribution >= 0.6 is 0 Å². The van der Waals surface area contributed by atoms with Crippen molar-refractivity contribution in [2.24, 2.45) is 5.73 Å². The maximum Gasteiger partial charge on any atom is 0.338 e. The van der Waals surface area contributed by atoms with E-state index in [0.29, 0.717) is 11.1 Å². The zero-order valence-electron chi connectivity index (χ0n) is 7.37. The number of hydrogen-bond donors (Lipinski definition) is 3.